The molecular formula is C17H18IN3O3. The second-order valence-electron chi connectivity index (χ2n) is 5.56. The quantitative estimate of drug-likeness (QED) is 0.686. The van der Waals surface area contributed by atoms with Crippen LogP contribution >= 0.6 is 22.6 Å². The molecule has 24 heavy (non-hydrogen) atoms. The zero-order valence-corrected chi connectivity index (χ0v) is 15.5. The second kappa shape index (κ2) is 7.78. The normalized spacial score (nSPS) is 17.4. The van der Waals surface area contributed by atoms with Gasteiger partial charge in [-0.05, 0) is 53.6 Å². The van der Waals surface area contributed by atoms with E-state index in [0.717, 1.165) is 23.0 Å². The van der Waals surface area contributed by atoms with E-state index in [9.17, 15) is 4.79 Å². The number of likely N-dealkylation sites (tertiary alicyclic amines) is 1. The fourth-order valence-corrected chi connectivity index (χ4v) is 3.22. The first kappa shape index (κ1) is 16.9. The van der Waals surface area contributed by atoms with E-state index in [1.54, 1.807) is 19.2 Å². The molecule has 1 fully saturated rings. The van der Waals surface area contributed by atoms with Crippen LogP contribution in [-0.4, -0.2) is 47.3 Å². The summed E-state index contributed by atoms with van der Waals surface area (Å²) >= 11 is 2.21. The van der Waals surface area contributed by atoms with Gasteiger partial charge in [-0.1, -0.05) is 6.07 Å². The summed E-state index contributed by atoms with van der Waals surface area (Å²) in [5.41, 5.74) is 0.715. The minimum atomic E-state index is -0.0758. The van der Waals surface area contributed by atoms with Crippen molar-refractivity contribution in [1.82, 2.24) is 15.1 Å². The van der Waals surface area contributed by atoms with Gasteiger partial charge >= 0.3 is 0 Å². The van der Waals surface area contributed by atoms with Gasteiger partial charge in [0.1, 0.15) is 6.10 Å². The number of halogens is 1. The lowest BCUT2D eigenvalue weighted by Crippen LogP contribution is -2.44. The summed E-state index contributed by atoms with van der Waals surface area (Å²) in [6.07, 6.45) is 1.72. The molecule has 1 aromatic heterocycles. The molecule has 1 atom stereocenters. The SMILES string of the molecule is COc1ccc(OC2CCCN(C(=O)c3cccc(I)c3)C2)nn1. The van der Waals surface area contributed by atoms with Gasteiger partial charge in [0.05, 0.1) is 13.7 Å². The Morgan fingerprint density at radius 3 is 2.75 bits per heavy atom. The van der Waals surface area contributed by atoms with E-state index in [0.29, 0.717) is 23.9 Å². The molecule has 0 radical (unpaired) electrons. The summed E-state index contributed by atoms with van der Waals surface area (Å²) in [6, 6.07) is 11.1. The lowest BCUT2D eigenvalue weighted by Gasteiger charge is -2.32. The maximum atomic E-state index is 12.7. The smallest absolute Gasteiger partial charge is 0.254 e. The molecule has 0 spiro atoms. The minimum Gasteiger partial charge on any atom is -0.480 e. The average Bonchev–Trinajstić information content (AvgIpc) is 2.62. The van der Waals surface area contributed by atoms with Crippen LogP contribution in [0.2, 0.25) is 0 Å². The molecule has 2 aromatic rings. The lowest BCUT2D eigenvalue weighted by atomic mass is 10.1. The summed E-state index contributed by atoms with van der Waals surface area (Å²) in [5, 5.41) is 7.88. The standard InChI is InChI=1S/C17H18IN3O3/c1-23-15-7-8-16(20-19-15)24-14-6-3-9-21(11-14)17(22)12-4-2-5-13(18)10-12/h2,4-5,7-8,10,14H,3,6,9,11H2,1H3. The Labute approximate surface area is 154 Å². The van der Waals surface area contributed by atoms with Crippen LogP contribution in [0.4, 0.5) is 0 Å². The topological polar surface area (TPSA) is 64.6 Å². The highest BCUT2D eigenvalue weighted by Gasteiger charge is 2.26. The Kier molecular flexibility index (Phi) is 5.49. The average molecular weight is 439 g/mol. The Hall–Kier alpha value is -1.90. The number of amides is 1. The molecule has 1 amide bonds. The zero-order valence-electron chi connectivity index (χ0n) is 13.3. The van der Waals surface area contributed by atoms with E-state index in [1.165, 1.54) is 0 Å². The Morgan fingerprint density at radius 2 is 2.04 bits per heavy atom. The van der Waals surface area contributed by atoms with Crippen LogP contribution in [-0.2, 0) is 0 Å². The third-order valence-corrected chi connectivity index (χ3v) is 4.52. The molecule has 2 heterocycles. The van der Waals surface area contributed by atoms with Crippen molar-refractivity contribution >= 4 is 28.5 Å². The van der Waals surface area contributed by atoms with Gasteiger partial charge in [-0.2, -0.15) is 0 Å². The summed E-state index contributed by atoms with van der Waals surface area (Å²) < 4.78 is 11.9. The first-order valence-electron chi connectivity index (χ1n) is 7.75. The second-order valence-corrected chi connectivity index (χ2v) is 6.80. The first-order valence-corrected chi connectivity index (χ1v) is 8.83. The van der Waals surface area contributed by atoms with Crippen LogP contribution in [0.25, 0.3) is 0 Å². The lowest BCUT2D eigenvalue weighted by molar-refractivity contribution is 0.0525. The number of hydrogen-bond acceptors (Lipinski definition) is 5. The number of ether oxygens (including phenoxy) is 2. The van der Waals surface area contributed by atoms with E-state index in [-0.39, 0.29) is 12.0 Å². The van der Waals surface area contributed by atoms with Crippen molar-refractivity contribution in [3.63, 3.8) is 0 Å². The van der Waals surface area contributed by atoms with Gasteiger partial charge in [-0.3, -0.25) is 4.79 Å². The predicted octanol–water partition coefficient (Wildman–Crippen LogP) is 2.77. The third kappa shape index (κ3) is 4.14. The van der Waals surface area contributed by atoms with Gasteiger partial charge in [-0.25, -0.2) is 0 Å². The molecule has 3 rings (SSSR count). The molecule has 0 N–H and O–H groups in total. The van der Waals surface area contributed by atoms with Crippen LogP contribution < -0.4 is 9.47 Å². The number of carbonyl (C=O) groups excluding carboxylic acids is 1. The van der Waals surface area contributed by atoms with Gasteiger partial charge in [0.15, 0.2) is 0 Å². The minimum absolute atomic E-state index is 0.0441. The molecule has 1 aliphatic rings. The summed E-state index contributed by atoms with van der Waals surface area (Å²) in [6.45, 7) is 1.30. The van der Waals surface area contributed by atoms with Crippen LogP contribution in [0, 0.1) is 3.57 Å². The molecule has 7 heteroatoms. The molecule has 126 valence electrons. The number of piperidine rings is 1. The molecule has 1 saturated heterocycles. The predicted molar refractivity (Wildman–Crippen MR) is 97.3 cm³/mol. The van der Waals surface area contributed by atoms with E-state index in [2.05, 4.69) is 32.8 Å². The van der Waals surface area contributed by atoms with Crippen LogP contribution in [0.1, 0.15) is 23.2 Å². The molecule has 0 aliphatic carbocycles. The largest absolute Gasteiger partial charge is 0.480 e. The van der Waals surface area contributed by atoms with E-state index >= 15 is 0 Å². The van der Waals surface area contributed by atoms with Gasteiger partial charge < -0.3 is 14.4 Å². The van der Waals surface area contributed by atoms with Crippen molar-refractivity contribution < 1.29 is 14.3 Å². The fourth-order valence-electron chi connectivity index (χ4n) is 2.67. The number of rotatable bonds is 4. The number of carbonyl (C=O) groups is 1. The monoisotopic (exact) mass is 439 g/mol. The Balaban J connectivity index is 1.64. The van der Waals surface area contributed by atoms with Crippen molar-refractivity contribution in [3.8, 4) is 11.8 Å². The van der Waals surface area contributed by atoms with Gasteiger partial charge in [0.2, 0.25) is 11.8 Å². The molecule has 6 nitrogen and oxygen atoms in total. The number of nitrogens with zero attached hydrogens (tertiary/aromatic N) is 3. The molecule has 0 bridgehead atoms. The summed E-state index contributed by atoms with van der Waals surface area (Å²) in [4.78, 5) is 14.5. The number of hydrogen-bond donors (Lipinski definition) is 0. The Morgan fingerprint density at radius 1 is 1.25 bits per heavy atom. The van der Waals surface area contributed by atoms with Crippen molar-refractivity contribution in [1.29, 1.82) is 0 Å². The molecular weight excluding hydrogens is 421 g/mol. The van der Waals surface area contributed by atoms with Crippen LogP contribution in [0.15, 0.2) is 36.4 Å². The van der Waals surface area contributed by atoms with Gasteiger partial charge in [0, 0.05) is 27.8 Å². The fraction of sp³-hybridized carbons (Fsp3) is 0.353. The van der Waals surface area contributed by atoms with Crippen molar-refractivity contribution in [3.05, 3.63) is 45.5 Å². The van der Waals surface area contributed by atoms with Gasteiger partial charge in [0.25, 0.3) is 5.91 Å². The zero-order chi connectivity index (χ0) is 16.9. The highest BCUT2D eigenvalue weighted by Crippen LogP contribution is 2.19. The maximum absolute atomic E-state index is 12.7. The highest BCUT2D eigenvalue weighted by molar-refractivity contribution is 14.1. The third-order valence-electron chi connectivity index (χ3n) is 3.85. The van der Waals surface area contributed by atoms with Crippen LogP contribution in [0.5, 0.6) is 11.8 Å². The highest BCUT2D eigenvalue weighted by atomic mass is 127. The molecule has 0 saturated carbocycles. The van der Waals surface area contributed by atoms with Crippen molar-refractivity contribution in [2.45, 2.75) is 18.9 Å². The first-order chi connectivity index (χ1) is 11.7. The van der Waals surface area contributed by atoms with Crippen molar-refractivity contribution in [2.24, 2.45) is 0 Å². The number of benzene rings is 1. The number of methoxy groups -OCH3 is 1. The molecule has 1 aromatic carbocycles. The van der Waals surface area contributed by atoms with Crippen molar-refractivity contribution in [2.75, 3.05) is 20.2 Å². The maximum Gasteiger partial charge on any atom is 0.254 e. The Bertz CT molecular complexity index is 708. The molecule has 1 aliphatic heterocycles. The van der Waals surface area contributed by atoms with Gasteiger partial charge in [-0.15, -0.1) is 10.2 Å². The van der Waals surface area contributed by atoms with E-state index < -0.39 is 0 Å². The van der Waals surface area contributed by atoms with Crippen LogP contribution in [0.3, 0.4) is 0 Å². The van der Waals surface area contributed by atoms with E-state index in [4.69, 9.17) is 9.47 Å². The van der Waals surface area contributed by atoms with E-state index in [1.807, 2.05) is 29.2 Å². The summed E-state index contributed by atoms with van der Waals surface area (Å²) in [5.74, 6) is 0.938. The summed E-state index contributed by atoms with van der Waals surface area (Å²) in [7, 11) is 1.54. The molecule has 1 unspecified atom stereocenters. The number of aromatic nitrogens is 2.